The van der Waals surface area contributed by atoms with Crippen molar-refractivity contribution in [2.45, 2.75) is 51.5 Å². The minimum atomic E-state index is 0.108. The molecule has 0 bridgehead atoms. The highest BCUT2D eigenvalue weighted by atomic mass is 32.1. The van der Waals surface area contributed by atoms with Crippen molar-refractivity contribution in [2.24, 2.45) is 5.73 Å². The van der Waals surface area contributed by atoms with Gasteiger partial charge in [0.1, 0.15) is 0 Å². The topological polar surface area (TPSA) is 46.3 Å². The van der Waals surface area contributed by atoms with Gasteiger partial charge in [0.15, 0.2) is 0 Å². The zero-order valence-corrected chi connectivity index (χ0v) is 10.2. The first-order chi connectivity index (χ1) is 7.15. The lowest BCUT2D eigenvalue weighted by Crippen LogP contribution is -2.41. The van der Waals surface area contributed by atoms with Gasteiger partial charge in [-0.3, -0.25) is 4.79 Å². The molecule has 1 heterocycles. The molecule has 0 spiro atoms. The fourth-order valence-electron chi connectivity index (χ4n) is 2.18. The van der Waals surface area contributed by atoms with E-state index in [2.05, 4.69) is 6.92 Å². The molecule has 0 aliphatic carbocycles. The number of carbonyl (C=O) groups is 1. The zero-order valence-electron chi connectivity index (χ0n) is 9.37. The molecule has 1 amide bonds. The summed E-state index contributed by atoms with van der Waals surface area (Å²) in [5.74, 6) is 0.108. The summed E-state index contributed by atoms with van der Waals surface area (Å²) in [6.07, 6.45) is 5.96. The molecule has 1 fully saturated rings. The van der Waals surface area contributed by atoms with E-state index in [1.54, 1.807) is 0 Å². The van der Waals surface area contributed by atoms with Gasteiger partial charge in [0.05, 0.1) is 11.4 Å². The maximum Gasteiger partial charge on any atom is 0.229 e. The Morgan fingerprint density at radius 2 is 2.20 bits per heavy atom. The summed E-state index contributed by atoms with van der Waals surface area (Å²) in [5, 5.41) is 0. The number of amides is 1. The van der Waals surface area contributed by atoms with Crippen molar-refractivity contribution in [1.82, 2.24) is 4.90 Å². The van der Waals surface area contributed by atoms with Gasteiger partial charge in [0.25, 0.3) is 0 Å². The molecular formula is C11H20N2OS. The molecule has 15 heavy (non-hydrogen) atoms. The monoisotopic (exact) mass is 228 g/mol. The number of nitrogens with two attached hydrogens (primary N) is 1. The molecule has 0 saturated carbocycles. The summed E-state index contributed by atoms with van der Waals surface area (Å²) >= 11 is 4.78. The second kappa shape index (κ2) is 6.05. The number of rotatable bonds is 3. The van der Waals surface area contributed by atoms with Crippen molar-refractivity contribution in [3.63, 3.8) is 0 Å². The third-order valence-corrected chi connectivity index (χ3v) is 3.14. The van der Waals surface area contributed by atoms with Gasteiger partial charge < -0.3 is 10.6 Å². The molecule has 1 rings (SSSR count). The van der Waals surface area contributed by atoms with Crippen LogP contribution in [0.15, 0.2) is 0 Å². The first-order valence-electron chi connectivity index (χ1n) is 5.73. The molecule has 1 saturated heterocycles. The Bertz CT molecular complexity index is 243. The third-order valence-electron chi connectivity index (χ3n) is 2.99. The van der Waals surface area contributed by atoms with Gasteiger partial charge in [-0.1, -0.05) is 32.0 Å². The van der Waals surface area contributed by atoms with E-state index in [1.807, 2.05) is 4.90 Å². The van der Waals surface area contributed by atoms with Gasteiger partial charge in [-0.05, 0) is 19.3 Å². The molecule has 86 valence electrons. The van der Waals surface area contributed by atoms with E-state index >= 15 is 0 Å². The smallest absolute Gasteiger partial charge is 0.229 e. The largest absolute Gasteiger partial charge is 0.393 e. The van der Waals surface area contributed by atoms with Crippen LogP contribution in [-0.2, 0) is 4.79 Å². The Kier molecular flexibility index (Phi) is 5.02. The quantitative estimate of drug-likeness (QED) is 0.750. The lowest BCUT2D eigenvalue weighted by Gasteiger charge is -2.29. The molecule has 1 aliphatic heterocycles. The summed E-state index contributed by atoms with van der Waals surface area (Å²) in [6.45, 7) is 3.01. The van der Waals surface area contributed by atoms with E-state index in [4.69, 9.17) is 18.0 Å². The number of hydrogen-bond donors (Lipinski definition) is 1. The molecule has 0 radical (unpaired) electrons. The molecule has 1 atom stereocenters. The van der Waals surface area contributed by atoms with Crippen molar-refractivity contribution in [2.75, 3.05) is 6.54 Å². The van der Waals surface area contributed by atoms with Crippen molar-refractivity contribution in [1.29, 1.82) is 0 Å². The molecule has 2 N–H and O–H groups in total. The summed E-state index contributed by atoms with van der Waals surface area (Å²) in [6, 6.07) is 0.398. The summed E-state index contributed by atoms with van der Waals surface area (Å²) in [5.41, 5.74) is 5.41. The van der Waals surface area contributed by atoms with E-state index in [-0.39, 0.29) is 12.3 Å². The lowest BCUT2D eigenvalue weighted by molar-refractivity contribution is -0.132. The van der Waals surface area contributed by atoms with Crippen LogP contribution in [0.5, 0.6) is 0 Å². The van der Waals surface area contributed by atoms with Crippen LogP contribution in [0.1, 0.15) is 45.4 Å². The molecule has 4 heteroatoms. The summed E-state index contributed by atoms with van der Waals surface area (Å²) in [4.78, 5) is 14.2. The molecule has 1 aliphatic rings. The Morgan fingerprint density at radius 3 is 2.80 bits per heavy atom. The Hall–Kier alpha value is -0.640. The number of carbonyl (C=O) groups excluding carboxylic acids is 1. The van der Waals surface area contributed by atoms with Gasteiger partial charge in [0, 0.05) is 12.6 Å². The van der Waals surface area contributed by atoms with E-state index in [1.165, 1.54) is 12.8 Å². The van der Waals surface area contributed by atoms with Gasteiger partial charge >= 0.3 is 0 Å². The van der Waals surface area contributed by atoms with Crippen molar-refractivity contribution in [3.8, 4) is 0 Å². The van der Waals surface area contributed by atoms with Crippen LogP contribution < -0.4 is 5.73 Å². The zero-order chi connectivity index (χ0) is 11.3. The molecule has 0 aromatic heterocycles. The second-order valence-corrected chi connectivity index (χ2v) is 4.67. The minimum absolute atomic E-state index is 0.108. The average Bonchev–Trinajstić information content (AvgIpc) is 2.40. The Balaban J connectivity index is 2.61. The fourth-order valence-corrected chi connectivity index (χ4v) is 2.30. The lowest BCUT2D eigenvalue weighted by atomic mass is 10.1. The number of hydrogen-bond acceptors (Lipinski definition) is 2. The minimum Gasteiger partial charge on any atom is -0.393 e. The van der Waals surface area contributed by atoms with Gasteiger partial charge in [0.2, 0.25) is 5.91 Å². The summed E-state index contributed by atoms with van der Waals surface area (Å²) in [7, 11) is 0. The second-order valence-electron chi connectivity index (χ2n) is 4.14. The predicted molar refractivity (Wildman–Crippen MR) is 65.7 cm³/mol. The number of likely N-dealkylation sites (tertiary alicyclic amines) is 1. The molecule has 3 nitrogen and oxygen atoms in total. The molecule has 0 aromatic rings. The van der Waals surface area contributed by atoms with E-state index in [0.717, 1.165) is 25.8 Å². The van der Waals surface area contributed by atoms with E-state index < -0.39 is 0 Å². The first-order valence-corrected chi connectivity index (χ1v) is 6.13. The predicted octanol–water partition coefficient (Wildman–Crippen LogP) is 1.84. The third kappa shape index (κ3) is 3.78. The van der Waals surface area contributed by atoms with Gasteiger partial charge in [-0.15, -0.1) is 0 Å². The van der Waals surface area contributed by atoms with E-state index in [9.17, 15) is 4.79 Å². The number of nitrogens with zero attached hydrogens (tertiary/aromatic N) is 1. The Labute approximate surface area is 97.0 Å². The maximum atomic E-state index is 11.9. The Morgan fingerprint density at radius 1 is 1.47 bits per heavy atom. The van der Waals surface area contributed by atoms with Crippen LogP contribution >= 0.6 is 12.2 Å². The van der Waals surface area contributed by atoms with Crippen LogP contribution in [0.2, 0.25) is 0 Å². The first kappa shape index (κ1) is 12.4. The van der Waals surface area contributed by atoms with E-state index in [0.29, 0.717) is 11.0 Å². The van der Waals surface area contributed by atoms with Gasteiger partial charge in [-0.2, -0.15) is 0 Å². The van der Waals surface area contributed by atoms with Crippen molar-refractivity contribution in [3.05, 3.63) is 0 Å². The van der Waals surface area contributed by atoms with Crippen LogP contribution in [-0.4, -0.2) is 28.4 Å². The highest BCUT2D eigenvalue weighted by molar-refractivity contribution is 7.80. The van der Waals surface area contributed by atoms with Crippen molar-refractivity contribution < 1.29 is 4.79 Å². The fraction of sp³-hybridized carbons (Fsp3) is 0.818. The van der Waals surface area contributed by atoms with Crippen molar-refractivity contribution >= 4 is 23.1 Å². The average molecular weight is 228 g/mol. The highest BCUT2D eigenvalue weighted by Crippen LogP contribution is 2.19. The van der Waals surface area contributed by atoms with Crippen LogP contribution in [0, 0.1) is 0 Å². The van der Waals surface area contributed by atoms with Crippen LogP contribution in [0.3, 0.4) is 0 Å². The summed E-state index contributed by atoms with van der Waals surface area (Å²) < 4.78 is 0. The molecular weight excluding hydrogens is 208 g/mol. The maximum absolute atomic E-state index is 11.9. The SMILES string of the molecule is CCC1CCCCCN1C(=O)CC(N)=S. The highest BCUT2D eigenvalue weighted by Gasteiger charge is 2.23. The number of thiocarbonyl (C=S) groups is 1. The standard InChI is InChI=1S/C11H20N2OS/c1-2-9-6-4-3-5-7-13(9)11(14)8-10(12)15/h9H,2-8H2,1H3,(H2,12,15). The van der Waals surface area contributed by atoms with Crippen LogP contribution in [0.4, 0.5) is 0 Å². The van der Waals surface area contributed by atoms with Crippen LogP contribution in [0.25, 0.3) is 0 Å². The van der Waals surface area contributed by atoms with Gasteiger partial charge in [-0.25, -0.2) is 0 Å². The molecule has 0 aromatic carbocycles. The molecule has 1 unspecified atom stereocenters. The normalized spacial score (nSPS) is 22.2.